The number of carbonyl (C=O) groups excluding carboxylic acids is 1. The zero-order valence-corrected chi connectivity index (χ0v) is 16.7. The molecule has 0 N–H and O–H groups in total. The second-order valence-electron chi connectivity index (χ2n) is 7.61. The third-order valence-electron chi connectivity index (χ3n) is 5.64. The maximum Gasteiger partial charge on any atom is 0.254 e. The molecular formula is C23H22N4O3. The highest BCUT2D eigenvalue weighted by atomic mass is 16.7. The van der Waals surface area contributed by atoms with E-state index in [0.717, 1.165) is 42.0 Å². The fourth-order valence-corrected chi connectivity index (χ4v) is 4.15. The van der Waals surface area contributed by atoms with Crippen LogP contribution in [-0.4, -0.2) is 45.6 Å². The Morgan fingerprint density at radius 1 is 1.13 bits per heavy atom. The summed E-state index contributed by atoms with van der Waals surface area (Å²) in [6.07, 6.45) is 7.34. The number of benzene rings is 1. The van der Waals surface area contributed by atoms with Crippen molar-refractivity contribution < 1.29 is 14.3 Å². The predicted molar refractivity (Wildman–Crippen MR) is 110 cm³/mol. The first kappa shape index (κ1) is 18.5. The molecule has 7 heteroatoms. The largest absolute Gasteiger partial charge is 0.454 e. The van der Waals surface area contributed by atoms with Crippen LogP contribution in [0.15, 0.2) is 48.9 Å². The number of hydrogen-bond acceptors (Lipinski definition) is 6. The smallest absolute Gasteiger partial charge is 0.254 e. The van der Waals surface area contributed by atoms with E-state index < -0.39 is 0 Å². The van der Waals surface area contributed by atoms with E-state index in [1.54, 1.807) is 30.6 Å². The fourth-order valence-electron chi connectivity index (χ4n) is 4.15. The Bertz CT molecular complexity index is 1090. The number of fused-ring (bicyclic) bond motifs is 1. The fraction of sp³-hybridized carbons (Fsp3) is 0.304. The number of hydrogen-bond donors (Lipinski definition) is 0. The van der Waals surface area contributed by atoms with Gasteiger partial charge in [-0.2, -0.15) is 0 Å². The van der Waals surface area contributed by atoms with Crippen LogP contribution in [0.5, 0.6) is 11.5 Å². The standard InChI is InChI=1S/C23H22N4O3/c1-15-25-12-19(16-6-8-24-9-7-16)22(26-15)18-3-2-10-27(13-18)23(28)17-4-5-20-21(11-17)30-14-29-20/h4-9,11-12,18H,2-3,10,13-14H2,1H3/t18-/m0/s1. The van der Waals surface area contributed by atoms with E-state index in [4.69, 9.17) is 14.5 Å². The molecule has 0 unspecified atom stereocenters. The molecule has 0 radical (unpaired) electrons. The van der Waals surface area contributed by atoms with Crippen LogP contribution in [0.1, 0.15) is 40.6 Å². The van der Waals surface area contributed by atoms with Gasteiger partial charge in [-0.15, -0.1) is 0 Å². The molecule has 0 aliphatic carbocycles. The Balaban J connectivity index is 1.42. The lowest BCUT2D eigenvalue weighted by Gasteiger charge is -2.33. The van der Waals surface area contributed by atoms with Gasteiger partial charge in [0.05, 0.1) is 5.69 Å². The number of amides is 1. The van der Waals surface area contributed by atoms with Crippen molar-refractivity contribution >= 4 is 5.91 Å². The zero-order chi connectivity index (χ0) is 20.5. The maximum absolute atomic E-state index is 13.2. The number of nitrogens with zero attached hydrogens (tertiary/aromatic N) is 4. The number of rotatable bonds is 3. The summed E-state index contributed by atoms with van der Waals surface area (Å²) in [7, 11) is 0. The Morgan fingerprint density at radius 2 is 1.97 bits per heavy atom. The number of ether oxygens (including phenoxy) is 2. The molecule has 2 aliphatic rings. The molecule has 0 saturated carbocycles. The van der Waals surface area contributed by atoms with E-state index >= 15 is 0 Å². The van der Waals surface area contributed by atoms with E-state index in [-0.39, 0.29) is 18.6 Å². The summed E-state index contributed by atoms with van der Waals surface area (Å²) in [5, 5.41) is 0. The van der Waals surface area contributed by atoms with Gasteiger partial charge in [0.15, 0.2) is 11.5 Å². The van der Waals surface area contributed by atoms with Crippen molar-refractivity contribution in [3.05, 3.63) is 66.0 Å². The second-order valence-corrected chi connectivity index (χ2v) is 7.61. The minimum Gasteiger partial charge on any atom is -0.454 e. The van der Waals surface area contributed by atoms with Crippen LogP contribution >= 0.6 is 0 Å². The van der Waals surface area contributed by atoms with Crippen LogP contribution in [0.2, 0.25) is 0 Å². The molecule has 2 aliphatic heterocycles. The average molecular weight is 402 g/mol. The Kier molecular flexibility index (Phi) is 4.78. The van der Waals surface area contributed by atoms with Crippen LogP contribution in [0, 0.1) is 6.92 Å². The topological polar surface area (TPSA) is 77.4 Å². The zero-order valence-electron chi connectivity index (χ0n) is 16.7. The molecule has 3 aromatic rings. The highest BCUT2D eigenvalue weighted by Crippen LogP contribution is 2.35. The van der Waals surface area contributed by atoms with E-state index in [2.05, 4.69) is 9.97 Å². The molecule has 5 rings (SSSR count). The van der Waals surface area contributed by atoms with Crippen LogP contribution in [0.4, 0.5) is 0 Å². The Hall–Kier alpha value is -3.48. The summed E-state index contributed by atoms with van der Waals surface area (Å²) in [4.78, 5) is 28.4. The molecule has 1 amide bonds. The maximum atomic E-state index is 13.2. The molecule has 2 aromatic heterocycles. The molecule has 1 atom stereocenters. The van der Waals surface area contributed by atoms with Gasteiger partial charge in [-0.1, -0.05) is 0 Å². The van der Waals surface area contributed by atoms with Crippen molar-refractivity contribution in [2.75, 3.05) is 19.9 Å². The highest BCUT2D eigenvalue weighted by molar-refractivity contribution is 5.95. The van der Waals surface area contributed by atoms with Crippen LogP contribution in [0.3, 0.4) is 0 Å². The molecule has 30 heavy (non-hydrogen) atoms. The quantitative estimate of drug-likeness (QED) is 0.666. The van der Waals surface area contributed by atoms with E-state index in [1.165, 1.54) is 0 Å². The molecule has 1 aromatic carbocycles. The SMILES string of the molecule is Cc1ncc(-c2ccncc2)c([C@H]2CCCN(C(=O)c3ccc4c(c3)OCO4)C2)n1. The molecule has 1 saturated heterocycles. The van der Waals surface area contributed by atoms with Gasteiger partial charge >= 0.3 is 0 Å². The summed E-state index contributed by atoms with van der Waals surface area (Å²) in [5.74, 6) is 2.21. The van der Waals surface area contributed by atoms with Gasteiger partial charge in [0.2, 0.25) is 6.79 Å². The van der Waals surface area contributed by atoms with E-state index in [9.17, 15) is 4.79 Å². The van der Waals surface area contributed by atoms with Crippen molar-refractivity contribution in [1.82, 2.24) is 19.9 Å². The number of pyridine rings is 1. The summed E-state index contributed by atoms with van der Waals surface area (Å²) in [6, 6.07) is 9.31. The predicted octanol–water partition coefficient (Wildman–Crippen LogP) is 3.60. The van der Waals surface area contributed by atoms with Gasteiger partial charge in [0.1, 0.15) is 5.82 Å². The number of piperidine rings is 1. The van der Waals surface area contributed by atoms with Crippen molar-refractivity contribution in [2.24, 2.45) is 0 Å². The monoisotopic (exact) mass is 402 g/mol. The summed E-state index contributed by atoms with van der Waals surface area (Å²) in [5.41, 5.74) is 3.66. The molecule has 0 bridgehead atoms. The van der Waals surface area contributed by atoms with Crippen molar-refractivity contribution in [2.45, 2.75) is 25.7 Å². The molecule has 1 fully saturated rings. The lowest BCUT2D eigenvalue weighted by atomic mass is 9.89. The minimum absolute atomic E-state index is 0.00855. The number of aromatic nitrogens is 3. The molecule has 152 valence electrons. The molecular weight excluding hydrogens is 380 g/mol. The number of aryl methyl sites for hydroxylation is 1. The van der Waals surface area contributed by atoms with Crippen LogP contribution in [-0.2, 0) is 0 Å². The van der Waals surface area contributed by atoms with Crippen LogP contribution in [0.25, 0.3) is 11.1 Å². The normalized spacial score (nSPS) is 17.8. The minimum atomic E-state index is 0.00855. The van der Waals surface area contributed by atoms with Gasteiger partial charge < -0.3 is 14.4 Å². The van der Waals surface area contributed by atoms with Crippen LogP contribution < -0.4 is 9.47 Å². The first-order valence-corrected chi connectivity index (χ1v) is 10.1. The first-order valence-electron chi connectivity index (χ1n) is 10.1. The van der Waals surface area contributed by atoms with E-state index in [1.807, 2.05) is 30.2 Å². The second kappa shape index (κ2) is 7.74. The Morgan fingerprint density at radius 3 is 2.83 bits per heavy atom. The highest BCUT2D eigenvalue weighted by Gasteiger charge is 2.29. The van der Waals surface area contributed by atoms with E-state index in [0.29, 0.717) is 23.6 Å². The van der Waals surface area contributed by atoms with Crippen molar-refractivity contribution in [3.8, 4) is 22.6 Å². The van der Waals surface area contributed by atoms with Gasteiger partial charge in [0.25, 0.3) is 5.91 Å². The third kappa shape index (κ3) is 3.47. The van der Waals surface area contributed by atoms with Crippen molar-refractivity contribution in [3.63, 3.8) is 0 Å². The lowest BCUT2D eigenvalue weighted by Crippen LogP contribution is -2.39. The molecule has 0 spiro atoms. The summed E-state index contributed by atoms with van der Waals surface area (Å²) in [6.45, 7) is 3.46. The molecule has 4 heterocycles. The van der Waals surface area contributed by atoms with Gasteiger partial charge in [-0.3, -0.25) is 9.78 Å². The van der Waals surface area contributed by atoms with Gasteiger partial charge in [-0.05, 0) is 55.7 Å². The number of carbonyl (C=O) groups is 1. The summed E-state index contributed by atoms with van der Waals surface area (Å²) >= 11 is 0. The van der Waals surface area contributed by atoms with Gasteiger partial charge in [-0.25, -0.2) is 9.97 Å². The summed E-state index contributed by atoms with van der Waals surface area (Å²) < 4.78 is 10.8. The third-order valence-corrected chi connectivity index (χ3v) is 5.64. The average Bonchev–Trinajstić information content (AvgIpc) is 3.27. The molecule has 7 nitrogen and oxygen atoms in total. The lowest BCUT2D eigenvalue weighted by molar-refractivity contribution is 0.0705. The Labute approximate surface area is 174 Å². The number of likely N-dealkylation sites (tertiary alicyclic amines) is 1. The van der Waals surface area contributed by atoms with Crippen molar-refractivity contribution in [1.29, 1.82) is 0 Å². The van der Waals surface area contributed by atoms with Gasteiger partial charge in [0, 0.05) is 48.7 Å². The first-order chi connectivity index (χ1) is 14.7.